The van der Waals surface area contributed by atoms with Crippen LogP contribution in [0.4, 0.5) is 0 Å². The van der Waals surface area contributed by atoms with Crippen LogP contribution in [0.5, 0.6) is 0 Å². The Kier molecular flexibility index (Phi) is 7.38. The molecule has 0 heterocycles. The normalized spacial score (nSPS) is 14.7. The summed E-state index contributed by atoms with van der Waals surface area (Å²) < 4.78 is 11.6. The zero-order chi connectivity index (χ0) is 12.6. The summed E-state index contributed by atoms with van der Waals surface area (Å²) in [6, 6.07) is 0. The van der Waals surface area contributed by atoms with Crippen LogP contribution in [0.25, 0.3) is 0 Å². The first-order valence-corrected chi connectivity index (χ1v) is 7.06. The Bertz CT molecular complexity index is 246. The lowest BCUT2D eigenvalue weighted by molar-refractivity contribution is 0.647. The lowest BCUT2D eigenvalue weighted by atomic mass is 10.3. The molecule has 0 bridgehead atoms. The second-order valence-electron chi connectivity index (χ2n) is 4.59. The van der Waals surface area contributed by atoms with Crippen LogP contribution >= 0.6 is 0 Å². The third-order valence-corrected chi connectivity index (χ3v) is 3.97. The Morgan fingerprint density at radius 3 is 2.25 bits per heavy atom. The van der Waals surface area contributed by atoms with Crippen LogP contribution in [0.3, 0.4) is 0 Å². The molecule has 0 spiro atoms. The Morgan fingerprint density at radius 1 is 1.25 bits per heavy atom. The zero-order valence-corrected chi connectivity index (χ0v) is 11.9. The molecule has 1 unspecified atom stereocenters. The third kappa shape index (κ3) is 6.82. The predicted octanol–water partition coefficient (Wildman–Crippen LogP) is 1.11. The molecule has 0 aliphatic heterocycles. The highest BCUT2D eigenvalue weighted by Crippen LogP contribution is 2.10. The molecule has 1 atom stereocenters. The molecular weight excluding hydrogens is 222 g/mol. The molecule has 0 aliphatic rings. The van der Waals surface area contributed by atoms with Gasteiger partial charge in [0.1, 0.15) is 0 Å². The van der Waals surface area contributed by atoms with Crippen molar-refractivity contribution < 1.29 is 4.21 Å². The molecule has 0 saturated heterocycles. The average molecular weight is 247 g/mol. The molecule has 96 valence electrons. The van der Waals surface area contributed by atoms with Crippen molar-refractivity contribution in [3.8, 4) is 0 Å². The minimum atomic E-state index is -0.807. The number of rotatable bonds is 5. The lowest BCUT2D eigenvalue weighted by Crippen LogP contribution is -2.40. The summed E-state index contributed by atoms with van der Waals surface area (Å²) >= 11 is 0. The van der Waals surface area contributed by atoms with E-state index in [9.17, 15) is 4.21 Å². The monoisotopic (exact) mass is 247 g/mol. The minimum Gasteiger partial charge on any atom is -0.356 e. The van der Waals surface area contributed by atoms with Gasteiger partial charge in [-0.05, 0) is 27.2 Å². The maximum absolute atomic E-state index is 11.8. The SMILES string of the molecule is CCCNC(=NC)NCCS(=O)C(C)(C)C. The van der Waals surface area contributed by atoms with Crippen molar-refractivity contribution in [3.05, 3.63) is 0 Å². The van der Waals surface area contributed by atoms with Gasteiger partial charge < -0.3 is 10.6 Å². The van der Waals surface area contributed by atoms with Crippen molar-refractivity contribution in [2.24, 2.45) is 4.99 Å². The molecule has 0 amide bonds. The van der Waals surface area contributed by atoms with E-state index in [0.717, 1.165) is 18.9 Å². The minimum absolute atomic E-state index is 0.137. The standard InChI is InChI=1S/C11H25N3OS/c1-6-7-13-10(12-5)14-8-9-16(15)11(2,3)4/h6-9H2,1-5H3,(H2,12,13,14). The van der Waals surface area contributed by atoms with E-state index in [1.807, 2.05) is 20.8 Å². The number of nitrogens with one attached hydrogen (secondary N) is 2. The quantitative estimate of drug-likeness (QED) is 0.565. The molecule has 0 rings (SSSR count). The van der Waals surface area contributed by atoms with Crippen molar-refractivity contribution in [2.45, 2.75) is 38.9 Å². The first kappa shape index (κ1) is 15.4. The molecule has 0 saturated carbocycles. The number of nitrogens with zero attached hydrogens (tertiary/aromatic N) is 1. The van der Waals surface area contributed by atoms with Gasteiger partial charge >= 0.3 is 0 Å². The van der Waals surface area contributed by atoms with Gasteiger partial charge in [0.25, 0.3) is 0 Å². The number of hydrogen-bond acceptors (Lipinski definition) is 2. The summed E-state index contributed by atoms with van der Waals surface area (Å²) in [7, 11) is 0.935. The highest BCUT2D eigenvalue weighted by molar-refractivity contribution is 7.86. The van der Waals surface area contributed by atoms with Crippen LogP contribution in [-0.4, -0.2) is 40.8 Å². The fraction of sp³-hybridized carbons (Fsp3) is 0.909. The fourth-order valence-corrected chi connectivity index (χ4v) is 1.93. The highest BCUT2D eigenvalue weighted by Gasteiger charge is 2.18. The van der Waals surface area contributed by atoms with Crippen LogP contribution in [0.2, 0.25) is 0 Å². The molecule has 0 radical (unpaired) electrons. The third-order valence-electron chi connectivity index (χ3n) is 2.03. The lowest BCUT2D eigenvalue weighted by Gasteiger charge is -2.18. The number of hydrogen-bond donors (Lipinski definition) is 2. The summed E-state index contributed by atoms with van der Waals surface area (Å²) in [6.07, 6.45) is 1.06. The molecule has 2 N–H and O–H groups in total. The van der Waals surface area contributed by atoms with Gasteiger partial charge in [-0.2, -0.15) is 0 Å². The maximum atomic E-state index is 11.8. The Morgan fingerprint density at radius 2 is 1.81 bits per heavy atom. The van der Waals surface area contributed by atoms with E-state index < -0.39 is 10.8 Å². The van der Waals surface area contributed by atoms with Crippen LogP contribution in [-0.2, 0) is 10.8 Å². The second kappa shape index (κ2) is 7.65. The molecule has 0 fully saturated rings. The van der Waals surface area contributed by atoms with E-state index in [1.165, 1.54) is 0 Å². The van der Waals surface area contributed by atoms with Gasteiger partial charge in [-0.3, -0.25) is 9.20 Å². The summed E-state index contributed by atoms with van der Waals surface area (Å²) in [6.45, 7) is 9.68. The first-order chi connectivity index (χ1) is 7.41. The van der Waals surface area contributed by atoms with E-state index in [1.54, 1.807) is 7.05 Å². The van der Waals surface area contributed by atoms with E-state index in [2.05, 4.69) is 22.5 Å². The average Bonchev–Trinajstić information content (AvgIpc) is 2.21. The topological polar surface area (TPSA) is 53.5 Å². The van der Waals surface area contributed by atoms with Crippen LogP contribution in [0.15, 0.2) is 4.99 Å². The fourth-order valence-electron chi connectivity index (χ4n) is 1.03. The summed E-state index contributed by atoms with van der Waals surface area (Å²) in [5.41, 5.74) is 0. The van der Waals surface area contributed by atoms with Crippen LogP contribution < -0.4 is 10.6 Å². The summed E-state index contributed by atoms with van der Waals surface area (Å²) in [4.78, 5) is 4.08. The van der Waals surface area contributed by atoms with Crippen molar-refractivity contribution >= 4 is 16.8 Å². The maximum Gasteiger partial charge on any atom is 0.191 e. The van der Waals surface area contributed by atoms with Crippen LogP contribution in [0, 0.1) is 0 Å². The zero-order valence-electron chi connectivity index (χ0n) is 11.1. The van der Waals surface area contributed by atoms with Gasteiger partial charge in [-0.1, -0.05) is 6.92 Å². The Balaban J connectivity index is 3.84. The summed E-state index contributed by atoms with van der Waals surface area (Å²) in [5, 5.41) is 6.32. The molecule has 5 heteroatoms. The van der Waals surface area contributed by atoms with Gasteiger partial charge in [0.2, 0.25) is 0 Å². The Labute approximate surface area is 102 Å². The van der Waals surface area contributed by atoms with Crippen molar-refractivity contribution in [1.29, 1.82) is 0 Å². The second-order valence-corrected chi connectivity index (χ2v) is 6.91. The summed E-state index contributed by atoms with van der Waals surface area (Å²) in [5.74, 6) is 1.43. The molecule has 0 aromatic carbocycles. The first-order valence-electron chi connectivity index (χ1n) is 5.74. The predicted molar refractivity (Wildman–Crippen MR) is 72.4 cm³/mol. The smallest absolute Gasteiger partial charge is 0.191 e. The molecule has 0 aromatic rings. The van der Waals surface area contributed by atoms with Gasteiger partial charge in [-0.15, -0.1) is 0 Å². The molecule has 16 heavy (non-hydrogen) atoms. The Hall–Kier alpha value is -0.580. The van der Waals surface area contributed by atoms with E-state index in [-0.39, 0.29) is 4.75 Å². The van der Waals surface area contributed by atoms with Crippen LogP contribution in [0.1, 0.15) is 34.1 Å². The number of aliphatic imine (C=N–C) groups is 1. The highest BCUT2D eigenvalue weighted by atomic mass is 32.2. The largest absolute Gasteiger partial charge is 0.356 e. The van der Waals surface area contributed by atoms with Crippen molar-refractivity contribution in [2.75, 3.05) is 25.9 Å². The van der Waals surface area contributed by atoms with E-state index in [0.29, 0.717) is 12.3 Å². The van der Waals surface area contributed by atoms with Gasteiger partial charge in [-0.25, -0.2) is 0 Å². The van der Waals surface area contributed by atoms with Crippen molar-refractivity contribution in [3.63, 3.8) is 0 Å². The van der Waals surface area contributed by atoms with E-state index >= 15 is 0 Å². The molecule has 4 nitrogen and oxygen atoms in total. The van der Waals surface area contributed by atoms with E-state index in [4.69, 9.17) is 0 Å². The number of guanidine groups is 1. The molecule has 0 aliphatic carbocycles. The van der Waals surface area contributed by atoms with Crippen molar-refractivity contribution in [1.82, 2.24) is 10.6 Å². The van der Waals surface area contributed by atoms with Gasteiger partial charge in [0, 0.05) is 41.4 Å². The molecular formula is C11H25N3OS. The molecule has 0 aromatic heterocycles. The van der Waals surface area contributed by atoms with Gasteiger partial charge in [0.05, 0.1) is 0 Å². The van der Waals surface area contributed by atoms with Gasteiger partial charge in [0.15, 0.2) is 5.96 Å².